The van der Waals surface area contributed by atoms with Crippen molar-refractivity contribution in [3.05, 3.63) is 81.6 Å². The van der Waals surface area contributed by atoms with Crippen molar-refractivity contribution in [1.29, 1.82) is 0 Å². The van der Waals surface area contributed by atoms with Crippen molar-refractivity contribution >= 4 is 56.4 Å². The lowest BCUT2D eigenvalue weighted by atomic mass is 10.1. The van der Waals surface area contributed by atoms with Gasteiger partial charge in [-0.05, 0) is 66.9 Å². The molecule has 1 aliphatic rings. The fourth-order valence-electron chi connectivity index (χ4n) is 3.85. The Morgan fingerprint density at radius 3 is 2.63 bits per heavy atom. The van der Waals surface area contributed by atoms with Gasteiger partial charge in [0.2, 0.25) is 11.8 Å². The van der Waals surface area contributed by atoms with Crippen LogP contribution in [0.2, 0.25) is 10.0 Å². The summed E-state index contributed by atoms with van der Waals surface area (Å²) in [6, 6.07) is 9.73. The van der Waals surface area contributed by atoms with Gasteiger partial charge < -0.3 is 10.6 Å². The zero-order valence-corrected chi connectivity index (χ0v) is 21.2. The van der Waals surface area contributed by atoms with E-state index >= 15 is 0 Å². The fourth-order valence-corrected chi connectivity index (χ4v) is 6.15. The molecule has 3 aromatic rings. The van der Waals surface area contributed by atoms with Crippen LogP contribution in [-0.4, -0.2) is 31.3 Å². The molecule has 1 atom stereocenters. The molecule has 0 saturated heterocycles. The summed E-state index contributed by atoms with van der Waals surface area (Å²) >= 11 is 12.4. The van der Waals surface area contributed by atoms with Gasteiger partial charge in [-0.2, -0.15) is 0 Å². The third-order valence-electron chi connectivity index (χ3n) is 5.63. The number of aryl methyl sites for hydroxylation is 2. The Morgan fingerprint density at radius 2 is 1.91 bits per heavy atom. The van der Waals surface area contributed by atoms with Crippen molar-refractivity contribution in [1.82, 2.24) is 10.3 Å². The van der Waals surface area contributed by atoms with E-state index in [1.165, 1.54) is 18.2 Å². The largest absolute Gasteiger partial charge is 0.352 e. The monoisotopic (exact) mass is 532 g/mol. The van der Waals surface area contributed by atoms with Gasteiger partial charge in [0.05, 0.1) is 22.7 Å². The molecule has 11 heteroatoms. The Labute approximate surface area is 213 Å². The van der Waals surface area contributed by atoms with E-state index in [0.29, 0.717) is 16.1 Å². The van der Waals surface area contributed by atoms with Crippen molar-refractivity contribution in [2.45, 2.75) is 37.8 Å². The predicted octanol–water partition coefficient (Wildman–Crippen LogP) is 4.23. The maximum atomic E-state index is 14.0. The van der Waals surface area contributed by atoms with Crippen molar-refractivity contribution < 1.29 is 18.0 Å². The van der Waals surface area contributed by atoms with Crippen LogP contribution in [0.3, 0.4) is 0 Å². The number of nitrogens with one attached hydrogen (secondary N) is 2. The van der Waals surface area contributed by atoms with E-state index in [1.807, 2.05) is 0 Å². The van der Waals surface area contributed by atoms with Crippen LogP contribution in [0, 0.1) is 13.8 Å². The van der Waals surface area contributed by atoms with E-state index in [9.17, 15) is 18.0 Å². The minimum atomic E-state index is -4.29. The summed E-state index contributed by atoms with van der Waals surface area (Å²) in [5.74, 6) is -1.12. The highest BCUT2D eigenvalue weighted by Gasteiger charge is 2.42. The van der Waals surface area contributed by atoms with E-state index in [-0.39, 0.29) is 27.8 Å². The van der Waals surface area contributed by atoms with Crippen molar-refractivity contribution in [2.24, 2.45) is 0 Å². The number of pyridine rings is 1. The number of sulfonamides is 1. The summed E-state index contributed by atoms with van der Waals surface area (Å²) < 4.78 is 28.9. The second-order valence-electron chi connectivity index (χ2n) is 8.18. The SMILES string of the molecule is Cc1cc(S(=O)(=O)N2c3cc(Cl)ccc3NC(=O)C2CC(=O)NCc2cccnc2)c(C)cc1Cl. The molecule has 35 heavy (non-hydrogen) atoms. The molecule has 4 rings (SSSR count). The number of rotatable bonds is 6. The average molecular weight is 533 g/mol. The second kappa shape index (κ2) is 9.85. The zero-order valence-electron chi connectivity index (χ0n) is 18.9. The van der Waals surface area contributed by atoms with Crippen molar-refractivity contribution in [2.75, 3.05) is 9.62 Å². The van der Waals surface area contributed by atoms with Crippen molar-refractivity contribution in [3.63, 3.8) is 0 Å². The van der Waals surface area contributed by atoms with Crippen LogP contribution in [0.1, 0.15) is 23.1 Å². The van der Waals surface area contributed by atoms with Gasteiger partial charge in [0.1, 0.15) is 6.04 Å². The van der Waals surface area contributed by atoms with Gasteiger partial charge in [-0.1, -0.05) is 29.3 Å². The Kier molecular flexibility index (Phi) is 7.02. The van der Waals surface area contributed by atoms with Crippen LogP contribution in [0.5, 0.6) is 0 Å². The molecule has 2 amide bonds. The number of carbonyl (C=O) groups excluding carboxylic acids is 2. The molecule has 0 saturated carbocycles. The molecule has 2 heterocycles. The Morgan fingerprint density at radius 1 is 1.14 bits per heavy atom. The summed E-state index contributed by atoms with van der Waals surface area (Å²) in [5, 5.41) is 6.11. The molecule has 8 nitrogen and oxygen atoms in total. The molecule has 0 spiro atoms. The zero-order chi connectivity index (χ0) is 25.3. The molecule has 2 aromatic carbocycles. The fraction of sp³-hybridized carbons (Fsp3) is 0.208. The summed E-state index contributed by atoms with van der Waals surface area (Å²) in [6.07, 6.45) is 2.82. The van der Waals surface area contributed by atoms with Gasteiger partial charge >= 0.3 is 0 Å². The number of amides is 2. The average Bonchev–Trinajstić information content (AvgIpc) is 2.81. The molecule has 1 aliphatic heterocycles. The number of anilines is 2. The van der Waals surface area contributed by atoms with Gasteiger partial charge in [-0.15, -0.1) is 0 Å². The van der Waals surface area contributed by atoms with Crippen LogP contribution in [0.4, 0.5) is 11.4 Å². The van der Waals surface area contributed by atoms with Gasteiger partial charge in [-0.25, -0.2) is 8.42 Å². The lowest BCUT2D eigenvalue weighted by Gasteiger charge is -2.37. The summed E-state index contributed by atoms with van der Waals surface area (Å²) in [5.41, 5.74) is 2.19. The number of carbonyl (C=O) groups is 2. The lowest BCUT2D eigenvalue weighted by molar-refractivity contribution is -0.125. The first-order chi connectivity index (χ1) is 16.6. The number of nitrogens with zero attached hydrogens (tertiary/aromatic N) is 2. The topological polar surface area (TPSA) is 108 Å². The summed E-state index contributed by atoms with van der Waals surface area (Å²) in [4.78, 5) is 29.9. The highest BCUT2D eigenvalue weighted by Crippen LogP contribution is 2.40. The van der Waals surface area contributed by atoms with Gasteiger partial charge in [0.15, 0.2) is 0 Å². The first-order valence-electron chi connectivity index (χ1n) is 10.6. The summed E-state index contributed by atoms with van der Waals surface area (Å²) in [7, 11) is -4.29. The van der Waals surface area contributed by atoms with E-state index in [1.54, 1.807) is 50.5 Å². The molecule has 0 bridgehead atoms. The molecular weight excluding hydrogens is 511 g/mol. The predicted molar refractivity (Wildman–Crippen MR) is 135 cm³/mol. The molecule has 182 valence electrons. The number of halogens is 2. The Hall–Kier alpha value is -3.14. The normalized spacial score (nSPS) is 15.4. The van der Waals surface area contributed by atoms with Crippen LogP contribution < -0.4 is 14.9 Å². The van der Waals surface area contributed by atoms with Gasteiger partial charge in [-0.3, -0.25) is 18.9 Å². The third-order valence-corrected chi connectivity index (χ3v) is 8.23. The van der Waals surface area contributed by atoms with E-state index in [2.05, 4.69) is 15.6 Å². The van der Waals surface area contributed by atoms with Crippen LogP contribution >= 0.6 is 23.2 Å². The number of hydrogen-bond donors (Lipinski definition) is 2. The first-order valence-corrected chi connectivity index (χ1v) is 12.8. The number of aromatic nitrogens is 1. The molecule has 2 N–H and O–H groups in total. The summed E-state index contributed by atoms with van der Waals surface area (Å²) in [6.45, 7) is 3.50. The van der Waals surface area contributed by atoms with Crippen molar-refractivity contribution in [3.8, 4) is 0 Å². The second-order valence-corrected chi connectivity index (χ2v) is 10.8. The third kappa shape index (κ3) is 5.12. The molecule has 0 aliphatic carbocycles. The van der Waals surface area contributed by atoms with Crippen LogP contribution in [-0.2, 0) is 26.2 Å². The lowest BCUT2D eigenvalue weighted by Crippen LogP contribution is -2.52. The standard InChI is InChI=1S/C24H22Cl2N4O4S/c1-14-9-22(15(2)8-18(14)26)35(33,34)30-20-10-17(25)5-6-19(20)29-24(32)21(30)11-23(31)28-13-16-4-3-7-27-12-16/h3-10,12,21H,11,13H2,1-2H3,(H,28,31)(H,29,32). The molecule has 0 radical (unpaired) electrons. The Bertz CT molecular complexity index is 1410. The molecule has 0 fully saturated rings. The van der Waals surface area contributed by atoms with Gasteiger partial charge in [0, 0.05) is 29.0 Å². The molecular formula is C24H22Cl2N4O4S. The van der Waals surface area contributed by atoms with E-state index in [4.69, 9.17) is 23.2 Å². The minimum Gasteiger partial charge on any atom is -0.352 e. The van der Waals surface area contributed by atoms with E-state index < -0.39 is 34.3 Å². The first kappa shape index (κ1) is 25.0. The molecule has 1 aromatic heterocycles. The number of hydrogen-bond acceptors (Lipinski definition) is 5. The minimum absolute atomic E-state index is 0.0132. The maximum Gasteiger partial charge on any atom is 0.265 e. The van der Waals surface area contributed by atoms with Crippen LogP contribution in [0.25, 0.3) is 0 Å². The Balaban J connectivity index is 1.74. The highest BCUT2D eigenvalue weighted by atomic mass is 35.5. The maximum absolute atomic E-state index is 14.0. The van der Waals surface area contributed by atoms with Crippen LogP contribution in [0.15, 0.2) is 59.8 Å². The molecule has 1 unspecified atom stereocenters. The number of fused-ring (bicyclic) bond motifs is 1. The van der Waals surface area contributed by atoms with Gasteiger partial charge in [0.25, 0.3) is 10.0 Å². The smallest absolute Gasteiger partial charge is 0.265 e. The highest BCUT2D eigenvalue weighted by molar-refractivity contribution is 7.93. The van der Waals surface area contributed by atoms with E-state index in [0.717, 1.165) is 9.87 Å². The number of benzene rings is 2. The quantitative estimate of drug-likeness (QED) is 0.493.